The Hall–Kier alpha value is -1.55. The molecule has 1 atom stereocenters. The molecular formula is C22H34IN5OS. The number of thiazole rings is 1. The van der Waals surface area contributed by atoms with Gasteiger partial charge in [-0.05, 0) is 51.7 Å². The number of guanidine groups is 1. The minimum atomic E-state index is 0. The molecular weight excluding hydrogens is 509 g/mol. The van der Waals surface area contributed by atoms with E-state index in [1.165, 1.54) is 10.7 Å². The molecule has 2 heterocycles. The Morgan fingerprint density at radius 2 is 2.17 bits per heavy atom. The van der Waals surface area contributed by atoms with Gasteiger partial charge >= 0.3 is 0 Å². The van der Waals surface area contributed by atoms with Crippen LogP contribution >= 0.6 is 35.3 Å². The summed E-state index contributed by atoms with van der Waals surface area (Å²) in [5.74, 6) is 1.86. The third kappa shape index (κ3) is 7.30. The molecule has 0 aliphatic carbocycles. The number of nitrogens with one attached hydrogen (secondary N) is 2. The van der Waals surface area contributed by atoms with Crippen LogP contribution < -0.4 is 20.3 Å². The van der Waals surface area contributed by atoms with Crippen molar-refractivity contribution in [3.63, 3.8) is 0 Å². The first kappa shape index (κ1) is 24.7. The lowest BCUT2D eigenvalue weighted by molar-refractivity contribution is 0.415. The number of nitrogens with zero attached hydrogens (tertiary/aromatic N) is 3. The van der Waals surface area contributed by atoms with Crippen molar-refractivity contribution < 1.29 is 4.74 Å². The second-order valence-electron chi connectivity index (χ2n) is 7.35. The summed E-state index contributed by atoms with van der Waals surface area (Å²) in [7, 11) is 1.73. The fraction of sp³-hybridized carbons (Fsp3) is 0.545. The molecule has 1 fully saturated rings. The van der Waals surface area contributed by atoms with E-state index in [1.807, 2.05) is 12.1 Å². The molecule has 1 saturated heterocycles. The molecule has 2 N–H and O–H groups in total. The number of benzene rings is 1. The average molecular weight is 544 g/mol. The maximum Gasteiger partial charge on any atom is 0.191 e. The van der Waals surface area contributed by atoms with E-state index in [1.54, 1.807) is 18.4 Å². The van der Waals surface area contributed by atoms with E-state index in [2.05, 4.69) is 51.9 Å². The Kier molecular flexibility index (Phi) is 10.7. The van der Waals surface area contributed by atoms with Crippen LogP contribution in [0.1, 0.15) is 36.9 Å². The third-order valence-electron chi connectivity index (χ3n) is 5.03. The molecule has 1 aliphatic heterocycles. The fourth-order valence-electron chi connectivity index (χ4n) is 3.60. The molecule has 6 nitrogen and oxygen atoms in total. The van der Waals surface area contributed by atoms with E-state index in [0.717, 1.165) is 69.3 Å². The van der Waals surface area contributed by atoms with Crippen LogP contribution in [0.2, 0.25) is 0 Å². The molecule has 1 unspecified atom stereocenters. The Labute approximate surface area is 201 Å². The van der Waals surface area contributed by atoms with Crippen molar-refractivity contribution in [1.29, 1.82) is 0 Å². The summed E-state index contributed by atoms with van der Waals surface area (Å²) in [5.41, 5.74) is 2.29. The lowest BCUT2D eigenvalue weighted by Gasteiger charge is -2.22. The van der Waals surface area contributed by atoms with Gasteiger partial charge in [0.25, 0.3) is 0 Å². The molecule has 1 aromatic heterocycles. The first-order valence-electron chi connectivity index (χ1n) is 10.5. The van der Waals surface area contributed by atoms with Crippen molar-refractivity contribution in [2.75, 3.05) is 38.2 Å². The summed E-state index contributed by atoms with van der Waals surface area (Å²) < 4.78 is 5.52. The van der Waals surface area contributed by atoms with E-state index in [4.69, 9.17) is 9.73 Å². The lowest BCUT2D eigenvalue weighted by Crippen LogP contribution is -2.44. The molecule has 30 heavy (non-hydrogen) atoms. The fourth-order valence-corrected chi connectivity index (χ4v) is 4.42. The number of halogens is 1. The van der Waals surface area contributed by atoms with Crippen molar-refractivity contribution in [2.24, 2.45) is 4.99 Å². The molecule has 0 radical (unpaired) electrons. The Morgan fingerprint density at radius 1 is 1.33 bits per heavy atom. The zero-order chi connectivity index (χ0) is 20.5. The second-order valence-corrected chi connectivity index (χ2v) is 8.29. The van der Waals surface area contributed by atoms with Gasteiger partial charge in [-0.15, -0.1) is 35.3 Å². The summed E-state index contributed by atoms with van der Waals surface area (Å²) in [4.78, 5) is 11.7. The molecule has 2 aromatic rings. The number of aromatic nitrogens is 1. The van der Waals surface area contributed by atoms with E-state index in [-0.39, 0.29) is 24.0 Å². The number of para-hydroxylation sites is 2. The molecule has 0 spiro atoms. The van der Waals surface area contributed by atoms with Crippen LogP contribution in [0.4, 0.5) is 5.69 Å². The quantitative estimate of drug-likeness (QED) is 0.215. The number of methoxy groups -OCH3 is 1. The zero-order valence-corrected chi connectivity index (χ0v) is 21.3. The van der Waals surface area contributed by atoms with Crippen LogP contribution in [0.15, 0.2) is 34.6 Å². The standard InChI is InChI=1S/C22H33N5OS.HI/c1-4-23-22(24-13-8-7-11-21-25-17(2)16-29-21)26-18-12-14-27(15-18)19-9-5-6-10-20(19)28-3;/h5-6,9-10,16,18H,4,7-8,11-15H2,1-3H3,(H2,23,24,26);1H. The van der Waals surface area contributed by atoms with Gasteiger partial charge < -0.3 is 20.3 Å². The summed E-state index contributed by atoms with van der Waals surface area (Å²) >= 11 is 1.76. The zero-order valence-electron chi connectivity index (χ0n) is 18.2. The maximum absolute atomic E-state index is 5.52. The minimum absolute atomic E-state index is 0. The molecule has 0 saturated carbocycles. The van der Waals surface area contributed by atoms with Crippen molar-refractivity contribution in [3.05, 3.63) is 40.3 Å². The smallest absolute Gasteiger partial charge is 0.191 e. The molecule has 0 amide bonds. The van der Waals surface area contributed by atoms with Gasteiger partial charge in [0.2, 0.25) is 0 Å². The highest BCUT2D eigenvalue weighted by Gasteiger charge is 2.25. The summed E-state index contributed by atoms with van der Waals surface area (Å²) in [6.07, 6.45) is 4.34. The second kappa shape index (κ2) is 13.0. The van der Waals surface area contributed by atoms with Crippen LogP contribution in [0, 0.1) is 6.92 Å². The van der Waals surface area contributed by atoms with Gasteiger partial charge in [-0.25, -0.2) is 4.98 Å². The van der Waals surface area contributed by atoms with Crippen molar-refractivity contribution in [2.45, 2.75) is 45.6 Å². The van der Waals surface area contributed by atoms with E-state index in [9.17, 15) is 0 Å². The van der Waals surface area contributed by atoms with Crippen LogP contribution in [0.5, 0.6) is 5.75 Å². The first-order valence-corrected chi connectivity index (χ1v) is 11.4. The SMILES string of the molecule is CCNC(=NCCCCc1nc(C)cs1)NC1CCN(c2ccccc2OC)C1.I. The number of rotatable bonds is 9. The summed E-state index contributed by atoms with van der Waals surface area (Å²) in [5, 5.41) is 10.4. The molecule has 166 valence electrons. The van der Waals surface area contributed by atoms with Gasteiger partial charge in [-0.3, -0.25) is 4.99 Å². The number of aliphatic imine (C=N–C) groups is 1. The van der Waals surface area contributed by atoms with E-state index >= 15 is 0 Å². The normalized spacial score (nSPS) is 16.3. The predicted molar refractivity (Wildman–Crippen MR) is 138 cm³/mol. The number of anilines is 1. The first-order chi connectivity index (χ1) is 14.2. The monoisotopic (exact) mass is 543 g/mol. The van der Waals surface area contributed by atoms with E-state index < -0.39 is 0 Å². The van der Waals surface area contributed by atoms with Crippen LogP contribution in [-0.4, -0.2) is 50.3 Å². The topological polar surface area (TPSA) is 61.8 Å². The lowest BCUT2D eigenvalue weighted by atomic mass is 10.2. The number of unbranched alkanes of at least 4 members (excludes halogenated alkanes) is 1. The van der Waals surface area contributed by atoms with Crippen molar-refractivity contribution in [1.82, 2.24) is 15.6 Å². The maximum atomic E-state index is 5.52. The largest absolute Gasteiger partial charge is 0.495 e. The van der Waals surface area contributed by atoms with Gasteiger partial charge in [-0.2, -0.15) is 0 Å². The van der Waals surface area contributed by atoms with Crippen LogP contribution in [-0.2, 0) is 6.42 Å². The minimum Gasteiger partial charge on any atom is -0.495 e. The van der Waals surface area contributed by atoms with Gasteiger partial charge in [0.1, 0.15) is 5.75 Å². The summed E-state index contributed by atoms with van der Waals surface area (Å²) in [6.45, 7) is 7.84. The highest BCUT2D eigenvalue weighted by molar-refractivity contribution is 14.0. The third-order valence-corrected chi connectivity index (χ3v) is 6.06. The van der Waals surface area contributed by atoms with Crippen molar-refractivity contribution in [3.8, 4) is 5.75 Å². The predicted octanol–water partition coefficient (Wildman–Crippen LogP) is 4.23. The Bertz CT molecular complexity index is 797. The van der Waals surface area contributed by atoms with Gasteiger partial charge in [-0.1, -0.05) is 12.1 Å². The number of hydrogen-bond donors (Lipinski definition) is 2. The highest BCUT2D eigenvalue weighted by Crippen LogP contribution is 2.30. The Balaban J connectivity index is 0.00000320. The van der Waals surface area contributed by atoms with E-state index in [0.29, 0.717) is 6.04 Å². The highest BCUT2D eigenvalue weighted by atomic mass is 127. The molecule has 0 bridgehead atoms. The summed E-state index contributed by atoms with van der Waals surface area (Å²) in [6, 6.07) is 8.62. The van der Waals surface area contributed by atoms with Gasteiger partial charge in [0.05, 0.1) is 17.8 Å². The average Bonchev–Trinajstić information content (AvgIpc) is 3.36. The van der Waals surface area contributed by atoms with Crippen LogP contribution in [0.3, 0.4) is 0 Å². The molecule has 1 aliphatic rings. The molecule has 1 aromatic carbocycles. The molecule has 3 rings (SSSR count). The number of aryl methyl sites for hydroxylation is 2. The molecule has 8 heteroatoms. The van der Waals surface area contributed by atoms with Crippen molar-refractivity contribution >= 4 is 47.0 Å². The number of hydrogen-bond acceptors (Lipinski definition) is 5. The Morgan fingerprint density at radius 3 is 2.90 bits per heavy atom. The van der Waals surface area contributed by atoms with Gasteiger partial charge in [0, 0.05) is 43.3 Å². The van der Waals surface area contributed by atoms with Gasteiger partial charge in [0.15, 0.2) is 5.96 Å². The number of ether oxygens (including phenoxy) is 1. The van der Waals surface area contributed by atoms with Crippen LogP contribution in [0.25, 0.3) is 0 Å².